The van der Waals surface area contributed by atoms with Gasteiger partial charge in [0.1, 0.15) is 17.2 Å². The zero-order valence-electron chi connectivity index (χ0n) is 19.8. The van der Waals surface area contributed by atoms with Gasteiger partial charge in [-0.1, -0.05) is 30.3 Å². The Morgan fingerprint density at radius 1 is 0.658 bits per heavy atom. The summed E-state index contributed by atoms with van der Waals surface area (Å²) in [6.45, 7) is 0.430. The number of rotatable bonds is 8. The highest BCUT2D eigenvalue weighted by molar-refractivity contribution is 5.99. The van der Waals surface area contributed by atoms with E-state index in [1.165, 1.54) is 12.1 Å². The summed E-state index contributed by atoms with van der Waals surface area (Å²) in [6.07, 6.45) is -4.79. The van der Waals surface area contributed by atoms with E-state index in [2.05, 4.69) is 20.7 Å². The van der Waals surface area contributed by atoms with Crippen molar-refractivity contribution in [2.45, 2.75) is 12.9 Å². The number of ether oxygens (including phenoxy) is 2. The van der Waals surface area contributed by atoms with Gasteiger partial charge in [0.25, 0.3) is 5.91 Å². The SMILES string of the molecule is O=C(Nc1ccc(Oc2ccc(C(=O)NCc3ccccc3)cc2)cc1)Nc1ccc(OC(F)(F)F)cc1. The molecule has 4 aromatic rings. The van der Waals surface area contributed by atoms with Gasteiger partial charge in [-0.3, -0.25) is 4.79 Å². The van der Waals surface area contributed by atoms with Crippen molar-refractivity contribution in [3.05, 3.63) is 114 Å². The molecule has 194 valence electrons. The Kier molecular flexibility index (Phi) is 8.12. The molecule has 0 saturated heterocycles. The van der Waals surface area contributed by atoms with Crippen molar-refractivity contribution in [1.82, 2.24) is 5.32 Å². The van der Waals surface area contributed by atoms with Gasteiger partial charge in [0, 0.05) is 23.5 Å². The first-order valence-electron chi connectivity index (χ1n) is 11.4. The van der Waals surface area contributed by atoms with E-state index in [0.29, 0.717) is 29.3 Å². The molecule has 0 aliphatic heterocycles. The molecule has 0 heterocycles. The highest BCUT2D eigenvalue weighted by Gasteiger charge is 2.30. The van der Waals surface area contributed by atoms with Crippen LogP contribution >= 0.6 is 0 Å². The molecule has 0 aliphatic rings. The van der Waals surface area contributed by atoms with Crippen LogP contribution in [0.15, 0.2) is 103 Å². The second-order valence-electron chi connectivity index (χ2n) is 7.97. The zero-order chi connectivity index (χ0) is 27.0. The monoisotopic (exact) mass is 521 g/mol. The third-order valence-electron chi connectivity index (χ3n) is 5.11. The van der Waals surface area contributed by atoms with E-state index in [0.717, 1.165) is 17.7 Å². The maximum atomic E-state index is 12.4. The average molecular weight is 521 g/mol. The number of nitrogens with one attached hydrogen (secondary N) is 3. The van der Waals surface area contributed by atoms with E-state index in [-0.39, 0.29) is 17.3 Å². The lowest BCUT2D eigenvalue weighted by molar-refractivity contribution is -0.274. The highest BCUT2D eigenvalue weighted by atomic mass is 19.4. The van der Waals surface area contributed by atoms with Gasteiger partial charge in [0.15, 0.2) is 0 Å². The summed E-state index contributed by atoms with van der Waals surface area (Å²) in [6, 6.07) is 27.0. The van der Waals surface area contributed by atoms with Crippen molar-refractivity contribution in [2.24, 2.45) is 0 Å². The van der Waals surface area contributed by atoms with Crippen LogP contribution in [0.25, 0.3) is 0 Å². The smallest absolute Gasteiger partial charge is 0.457 e. The lowest BCUT2D eigenvalue weighted by Crippen LogP contribution is -2.22. The lowest BCUT2D eigenvalue weighted by atomic mass is 10.2. The number of amides is 3. The molecule has 0 radical (unpaired) electrons. The number of benzene rings is 4. The number of alkyl halides is 3. The normalized spacial score (nSPS) is 10.8. The van der Waals surface area contributed by atoms with Crippen molar-refractivity contribution in [1.29, 1.82) is 0 Å². The maximum Gasteiger partial charge on any atom is 0.573 e. The van der Waals surface area contributed by atoms with Crippen LogP contribution in [0.5, 0.6) is 17.2 Å². The molecule has 38 heavy (non-hydrogen) atoms. The van der Waals surface area contributed by atoms with Crippen LogP contribution in [-0.2, 0) is 6.54 Å². The van der Waals surface area contributed by atoms with E-state index < -0.39 is 12.4 Å². The van der Waals surface area contributed by atoms with Crippen molar-refractivity contribution in [3.63, 3.8) is 0 Å². The zero-order valence-corrected chi connectivity index (χ0v) is 19.8. The van der Waals surface area contributed by atoms with Crippen molar-refractivity contribution in [2.75, 3.05) is 10.6 Å². The van der Waals surface area contributed by atoms with Gasteiger partial charge in [-0.25, -0.2) is 4.79 Å². The molecule has 0 unspecified atom stereocenters. The summed E-state index contributed by atoms with van der Waals surface area (Å²) >= 11 is 0. The number of hydrogen-bond donors (Lipinski definition) is 3. The predicted octanol–water partition coefficient (Wildman–Crippen LogP) is 6.95. The van der Waals surface area contributed by atoms with Crippen LogP contribution in [0, 0.1) is 0 Å². The maximum absolute atomic E-state index is 12.4. The highest BCUT2D eigenvalue weighted by Crippen LogP contribution is 2.25. The Morgan fingerprint density at radius 2 is 1.16 bits per heavy atom. The first kappa shape index (κ1) is 26.1. The van der Waals surface area contributed by atoms with Crippen LogP contribution in [-0.4, -0.2) is 18.3 Å². The topological polar surface area (TPSA) is 88.7 Å². The summed E-state index contributed by atoms with van der Waals surface area (Å²) < 4.78 is 46.3. The summed E-state index contributed by atoms with van der Waals surface area (Å²) in [7, 11) is 0. The summed E-state index contributed by atoms with van der Waals surface area (Å²) in [5, 5.41) is 8.00. The second-order valence-corrected chi connectivity index (χ2v) is 7.97. The van der Waals surface area contributed by atoms with E-state index in [4.69, 9.17) is 4.74 Å². The molecule has 3 amide bonds. The average Bonchev–Trinajstić information content (AvgIpc) is 2.90. The minimum atomic E-state index is -4.79. The van der Waals surface area contributed by atoms with E-state index in [1.807, 2.05) is 30.3 Å². The van der Waals surface area contributed by atoms with Crippen LogP contribution in [0.4, 0.5) is 29.3 Å². The fourth-order valence-corrected chi connectivity index (χ4v) is 3.33. The first-order valence-corrected chi connectivity index (χ1v) is 11.4. The number of urea groups is 1. The Balaban J connectivity index is 1.25. The molecular weight excluding hydrogens is 499 g/mol. The standard InChI is InChI=1S/C28H22F3N3O4/c29-28(30,31)38-25-16-10-22(11-17-25)34-27(36)33-21-8-14-24(15-9-21)37-23-12-6-20(7-13-23)26(35)32-18-19-4-2-1-3-5-19/h1-17H,18H2,(H,32,35)(H2,33,34,36). The minimum Gasteiger partial charge on any atom is -0.457 e. The van der Waals surface area contributed by atoms with Gasteiger partial charge >= 0.3 is 12.4 Å². The lowest BCUT2D eigenvalue weighted by Gasteiger charge is -2.11. The van der Waals surface area contributed by atoms with Gasteiger partial charge in [-0.15, -0.1) is 13.2 Å². The summed E-state index contributed by atoms with van der Waals surface area (Å²) in [5.41, 5.74) is 2.26. The summed E-state index contributed by atoms with van der Waals surface area (Å²) in [4.78, 5) is 24.5. The second kappa shape index (κ2) is 11.8. The van der Waals surface area contributed by atoms with E-state index >= 15 is 0 Å². The van der Waals surface area contributed by atoms with E-state index in [9.17, 15) is 22.8 Å². The van der Waals surface area contributed by atoms with Crippen LogP contribution in [0.2, 0.25) is 0 Å². The largest absolute Gasteiger partial charge is 0.573 e. The molecule has 0 saturated carbocycles. The first-order chi connectivity index (χ1) is 18.2. The fourth-order valence-electron chi connectivity index (χ4n) is 3.33. The molecule has 3 N–H and O–H groups in total. The Labute approximate surface area is 216 Å². The molecule has 0 bridgehead atoms. The third-order valence-corrected chi connectivity index (χ3v) is 5.11. The predicted molar refractivity (Wildman–Crippen MR) is 136 cm³/mol. The molecule has 0 atom stereocenters. The summed E-state index contributed by atoms with van der Waals surface area (Å²) in [5.74, 6) is 0.457. The quantitative estimate of drug-likeness (QED) is 0.234. The Hall–Kier alpha value is -4.99. The van der Waals surface area contributed by atoms with Gasteiger partial charge < -0.3 is 25.4 Å². The van der Waals surface area contributed by atoms with Crippen molar-refractivity contribution in [3.8, 4) is 17.2 Å². The molecular formula is C28H22F3N3O4. The van der Waals surface area contributed by atoms with Crippen LogP contribution < -0.4 is 25.4 Å². The number of hydrogen-bond acceptors (Lipinski definition) is 4. The van der Waals surface area contributed by atoms with Gasteiger partial charge in [-0.05, 0) is 78.4 Å². The van der Waals surface area contributed by atoms with E-state index in [1.54, 1.807) is 48.5 Å². The van der Waals surface area contributed by atoms with Crippen molar-refractivity contribution >= 4 is 23.3 Å². The third kappa shape index (κ3) is 8.02. The minimum absolute atomic E-state index is 0.195. The molecule has 0 aromatic heterocycles. The van der Waals surface area contributed by atoms with Gasteiger partial charge in [-0.2, -0.15) is 0 Å². The molecule has 0 fully saturated rings. The van der Waals surface area contributed by atoms with Crippen LogP contribution in [0.1, 0.15) is 15.9 Å². The number of anilines is 2. The molecule has 4 rings (SSSR count). The number of carbonyl (C=O) groups is 2. The Morgan fingerprint density at radius 3 is 1.68 bits per heavy atom. The molecule has 4 aromatic carbocycles. The molecule has 10 heteroatoms. The van der Waals surface area contributed by atoms with Gasteiger partial charge in [0.2, 0.25) is 0 Å². The Bertz CT molecular complexity index is 1360. The van der Waals surface area contributed by atoms with Crippen molar-refractivity contribution < 1.29 is 32.2 Å². The fraction of sp³-hybridized carbons (Fsp3) is 0.0714. The molecule has 0 spiro atoms. The molecule has 7 nitrogen and oxygen atoms in total. The number of halogens is 3. The number of carbonyl (C=O) groups excluding carboxylic acids is 2. The van der Waals surface area contributed by atoms with Gasteiger partial charge in [0.05, 0.1) is 0 Å². The molecule has 0 aliphatic carbocycles. The van der Waals surface area contributed by atoms with Crippen LogP contribution in [0.3, 0.4) is 0 Å².